The average molecular weight is 315 g/mol. The van der Waals surface area contributed by atoms with Crippen LogP contribution in [0.4, 0.5) is 4.79 Å². The molecule has 0 unspecified atom stereocenters. The van der Waals surface area contributed by atoms with Gasteiger partial charge in [0.25, 0.3) is 0 Å². The Hall–Kier alpha value is -1.55. The Morgan fingerprint density at radius 2 is 1.74 bits per heavy atom. The maximum atomic E-state index is 12.7. The summed E-state index contributed by atoms with van der Waals surface area (Å²) in [6.07, 6.45) is 2.88. The monoisotopic (exact) mass is 315 g/mol. The quantitative estimate of drug-likeness (QED) is 0.836. The van der Waals surface area contributed by atoms with E-state index in [9.17, 15) is 4.79 Å². The van der Waals surface area contributed by atoms with Crippen LogP contribution in [-0.2, 0) is 13.0 Å². The summed E-state index contributed by atoms with van der Waals surface area (Å²) in [6, 6.07) is 8.74. The fraction of sp³-hybridized carbons (Fsp3) is 0.632. The van der Waals surface area contributed by atoms with E-state index in [0.29, 0.717) is 0 Å². The third-order valence-electron chi connectivity index (χ3n) is 4.94. The normalized spacial score (nSPS) is 23.2. The maximum absolute atomic E-state index is 12.7. The minimum absolute atomic E-state index is 0.0498. The highest BCUT2D eigenvalue weighted by Crippen LogP contribution is 2.29. The predicted molar refractivity (Wildman–Crippen MR) is 93.4 cm³/mol. The molecule has 4 heteroatoms. The first-order chi connectivity index (χ1) is 10.7. The van der Waals surface area contributed by atoms with E-state index in [1.165, 1.54) is 11.1 Å². The van der Waals surface area contributed by atoms with Crippen LogP contribution < -0.4 is 10.6 Å². The lowest BCUT2D eigenvalue weighted by Crippen LogP contribution is -2.63. The Labute approximate surface area is 139 Å². The number of carbonyl (C=O) groups excluding carboxylic acids is 1. The molecule has 0 spiro atoms. The van der Waals surface area contributed by atoms with Gasteiger partial charge in [-0.05, 0) is 58.1 Å². The fourth-order valence-corrected chi connectivity index (χ4v) is 4.36. The molecular formula is C19H29N3O. The van der Waals surface area contributed by atoms with Crippen molar-refractivity contribution >= 4 is 6.03 Å². The zero-order valence-corrected chi connectivity index (χ0v) is 14.8. The molecule has 1 aromatic rings. The van der Waals surface area contributed by atoms with Gasteiger partial charge in [-0.1, -0.05) is 24.3 Å². The van der Waals surface area contributed by atoms with Crippen LogP contribution in [0.5, 0.6) is 0 Å². The first kappa shape index (κ1) is 16.3. The number of fused-ring (bicyclic) bond motifs is 1. The summed E-state index contributed by atoms with van der Waals surface area (Å²) in [5.74, 6) is 0. The molecule has 1 fully saturated rings. The number of rotatable bonds is 1. The van der Waals surface area contributed by atoms with Gasteiger partial charge in [0.1, 0.15) is 0 Å². The summed E-state index contributed by atoms with van der Waals surface area (Å²) >= 11 is 0. The Bertz CT molecular complexity index is 578. The molecule has 0 aliphatic carbocycles. The third kappa shape index (κ3) is 3.86. The molecule has 0 bridgehead atoms. The molecule has 126 valence electrons. The number of hydrogen-bond donors (Lipinski definition) is 2. The van der Waals surface area contributed by atoms with Gasteiger partial charge in [0.05, 0.1) is 0 Å². The Morgan fingerprint density at radius 1 is 1.13 bits per heavy atom. The van der Waals surface area contributed by atoms with Crippen LogP contribution in [0.2, 0.25) is 0 Å². The second kappa shape index (κ2) is 5.82. The molecule has 2 N–H and O–H groups in total. The number of benzene rings is 1. The number of amides is 2. The molecule has 23 heavy (non-hydrogen) atoms. The SMILES string of the molecule is CC1(C)CC(NC(=O)N2CCc3ccccc3C2)CC(C)(C)N1. The van der Waals surface area contributed by atoms with E-state index in [1.807, 2.05) is 4.90 Å². The van der Waals surface area contributed by atoms with Crippen LogP contribution in [0.1, 0.15) is 51.7 Å². The molecule has 0 aromatic heterocycles. The van der Waals surface area contributed by atoms with E-state index in [4.69, 9.17) is 0 Å². The molecule has 2 amide bonds. The molecule has 3 rings (SSSR count). The summed E-state index contributed by atoms with van der Waals surface area (Å²) in [7, 11) is 0. The zero-order chi connectivity index (χ0) is 16.7. The number of nitrogens with zero attached hydrogens (tertiary/aromatic N) is 1. The summed E-state index contributed by atoms with van der Waals surface area (Å²) in [4.78, 5) is 14.6. The van der Waals surface area contributed by atoms with Crippen LogP contribution in [-0.4, -0.2) is 34.6 Å². The van der Waals surface area contributed by atoms with Crippen molar-refractivity contribution < 1.29 is 4.79 Å². The molecule has 2 aliphatic heterocycles. The van der Waals surface area contributed by atoms with Crippen LogP contribution >= 0.6 is 0 Å². The standard InChI is InChI=1S/C19H29N3O/c1-18(2)11-16(12-19(3,4)21-18)20-17(23)22-10-9-14-7-5-6-8-15(14)13-22/h5-8,16,21H,9-13H2,1-4H3,(H,20,23). The number of nitrogens with one attached hydrogen (secondary N) is 2. The second-order valence-electron chi connectivity index (χ2n) is 8.39. The molecule has 2 heterocycles. The van der Waals surface area contributed by atoms with Crippen molar-refractivity contribution in [1.82, 2.24) is 15.5 Å². The molecule has 0 atom stereocenters. The van der Waals surface area contributed by atoms with Gasteiger partial charge in [0.15, 0.2) is 0 Å². The topological polar surface area (TPSA) is 44.4 Å². The zero-order valence-electron chi connectivity index (χ0n) is 14.8. The summed E-state index contributed by atoms with van der Waals surface area (Å²) in [6.45, 7) is 10.4. The number of urea groups is 1. The van der Waals surface area contributed by atoms with Gasteiger partial charge in [-0.2, -0.15) is 0 Å². The van der Waals surface area contributed by atoms with Crippen LogP contribution in [0, 0.1) is 0 Å². The highest BCUT2D eigenvalue weighted by molar-refractivity contribution is 5.75. The van der Waals surface area contributed by atoms with E-state index in [0.717, 1.165) is 32.4 Å². The van der Waals surface area contributed by atoms with E-state index in [2.05, 4.69) is 62.6 Å². The third-order valence-corrected chi connectivity index (χ3v) is 4.94. The lowest BCUT2D eigenvalue weighted by atomic mass is 9.79. The van der Waals surface area contributed by atoms with Gasteiger partial charge >= 0.3 is 6.03 Å². The van der Waals surface area contributed by atoms with Gasteiger partial charge in [0.2, 0.25) is 0 Å². The van der Waals surface area contributed by atoms with Crippen LogP contribution in [0.15, 0.2) is 24.3 Å². The minimum Gasteiger partial charge on any atom is -0.335 e. The van der Waals surface area contributed by atoms with Gasteiger partial charge < -0.3 is 15.5 Å². The predicted octanol–water partition coefficient (Wildman–Crippen LogP) is 3.06. The smallest absolute Gasteiger partial charge is 0.317 e. The number of carbonyl (C=O) groups is 1. The van der Waals surface area contributed by atoms with E-state index < -0.39 is 0 Å². The van der Waals surface area contributed by atoms with Gasteiger partial charge in [-0.3, -0.25) is 0 Å². The van der Waals surface area contributed by atoms with Crippen LogP contribution in [0.25, 0.3) is 0 Å². The number of piperidine rings is 1. The fourth-order valence-electron chi connectivity index (χ4n) is 4.36. The van der Waals surface area contributed by atoms with Gasteiger partial charge in [0, 0.05) is 30.2 Å². The Balaban J connectivity index is 1.64. The second-order valence-corrected chi connectivity index (χ2v) is 8.39. The largest absolute Gasteiger partial charge is 0.335 e. The summed E-state index contributed by atoms with van der Waals surface area (Å²) < 4.78 is 0. The van der Waals surface area contributed by atoms with E-state index >= 15 is 0 Å². The maximum Gasteiger partial charge on any atom is 0.317 e. The highest BCUT2D eigenvalue weighted by atomic mass is 16.2. The molecule has 2 aliphatic rings. The van der Waals surface area contributed by atoms with Crippen molar-refractivity contribution in [3.63, 3.8) is 0 Å². The molecule has 0 saturated carbocycles. The van der Waals surface area contributed by atoms with Crippen molar-refractivity contribution in [2.75, 3.05) is 6.54 Å². The minimum atomic E-state index is 0.0498. The van der Waals surface area contributed by atoms with E-state index in [1.54, 1.807) is 0 Å². The Morgan fingerprint density at radius 3 is 2.39 bits per heavy atom. The highest BCUT2D eigenvalue weighted by Gasteiger charge is 2.38. The average Bonchev–Trinajstić information content (AvgIpc) is 2.43. The molecule has 4 nitrogen and oxygen atoms in total. The summed E-state index contributed by atoms with van der Waals surface area (Å²) in [5.41, 5.74) is 2.75. The number of hydrogen-bond acceptors (Lipinski definition) is 2. The molecule has 1 aromatic carbocycles. The first-order valence-corrected chi connectivity index (χ1v) is 8.66. The molecular weight excluding hydrogens is 286 g/mol. The Kier molecular flexibility index (Phi) is 4.13. The van der Waals surface area contributed by atoms with Gasteiger partial charge in [-0.25, -0.2) is 4.79 Å². The van der Waals surface area contributed by atoms with Crippen LogP contribution in [0.3, 0.4) is 0 Å². The lowest BCUT2D eigenvalue weighted by Gasteiger charge is -2.47. The van der Waals surface area contributed by atoms with Crippen molar-refractivity contribution in [3.05, 3.63) is 35.4 Å². The van der Waals surface area contributed by atoms with Crippen molar-refractivity contribution in [3.8, 4) is 0 Å². The van der Waals surface area contributed by atoms with Gasteiger partial charge in [-0.15, -0.1) is 0 Å². The van der Waals surface area contributed by atoms with Crippen molar-refractivity contribution in [2.45, 2.75) is 70.6 Å². The van der Waals surface area contributed by atoms with E-state index in [-0.39, 0.29) is 23.2 Å². The van der Waals surface area contributed by atoms with Crippen molar-refractivity contribution in [1.29, 1.82) is 0 Å². The molecule has 1 saturated heterocycles. The molecule has 0 radical (unpaired) electrons. The first-order valence-electron chi connectivity index (χ1n) is 8.66. The summed E-state index contributed by atoms with van der Waals surface area (Å²) in [5, 5.41) is 6.94. The lowest BCUT2D eigenvalue weighted by molar-refractivity contribution is 0.137. The van der Waals surface area contributed by atoms with Crippen molar-refractivity contribution in [2.24, 2.45) is 0 Å².